The first-order valence-corrected chi connectivity index (χ1v) is 15.5. The van der Waals surface area contributed by atoms with E-state index in [4.69, 9.17) is 21.7 Å². The predicted molar refractivity (Wildman–Crippen MR) is 169 cm³/mol. The molecule has 0 rings (SSSR count). The van der Waals surface area contributed by atoms with Gasteiger partial charge < -0.3 is 68.9 Å². The molecule has 0 unspecified atom stereocenters. The number of carbonyl (C=O) groups is 8. The van der Waals surface area contributed by atoms with Crippen LogP contribution in [0.1, 0.15) is 52.9 Å². The van der Waals surface area contributed by atoms with Gasteiger partial charge in [0, 0.05) is 0 Å². The van der Waals surface area contributed by atoms with Crippen molar-refractivity contribution in [3.05, 3.63) is 0 Å². The fourth-order valence-electron chi connectivity index (χ4n) is 4.09. The maximum Gasteiger partial charge on any atom is 0.328 e. The molecule has 49 heavy (non-hydrogen) atoms. The van der Waals surface area contributed by atoms with Crippen molar-refractivity contribution in [1.82, 2.24) is 31.9 Å². The predicted octanol–water partition coefficient (Wildman–Crippen LogP) is -6.05. The van der Waals surface area contributed by atoms with E-state index in [9.17, 15) is 53.7 Å². The van der Waals surface area contributed by atoms with Crippen LogP contribution < -0.4 is 43.4 Å². The number of aliphatic hydroxyl groups is 3. The van der Waals surface area contributed by atoms with Crippen molar-refractivity contribution >= 4 is 47.4 Å². The highest BCUT2D eigenvalue weighted by Gasteiger charge is 2.33. The van der Waals surface area contributed by atoms with Gasteiger partial charge in [0.2, 0.25) is 35.4 Å². The van der Waals surface area contributed by atoms with E-state index < -0.39 is 116 Å². The van der Waals surface area contributed by atoms with Crippen LogP contribution in [0.5, 0.6) is 0 Å². The van der Waals surface area contributed by atoms with Crippen molar-refractivity contribution in [3.8, 4) is 0 Å². The molecule has 280 valence electrons. The quantitative estimate of drug-likeness (QED) is 0.0415. The Bertz CT molecular complexity index is 1160. The van der Waals surface area contributed by atoms with Crippen LogP contribution in [0.25, 0.3) is 0 Å². The van der Waals surface area contributed by atoms with Gasteiger partial charge in [-0.15, -0.1) is 0 Å². The summed E-state index contributed by atoms with van der Waals surface area (Å²) < 4.78 is 0. The molecule has 0 aromatic heterocycles. The van der Waals surface area contributed by atoms with E-state index in [0.29, 0.717) is 12.8 Å². The summed E-state index contributed by atoms with van der Waals surface area (Å²) in [5.74, 6) is -8.96. The number of nitrogens with two attached hydrogens (primary N) is 2. The Balaban J connectivity index is 5.68. The SMILES string of the molecule is CC(C)C[C@H](NC(=O)[C@H](CO)NC(=O)[C@H](CO)NC(=O)[C@H](C)NC(=O)[C@@H](N)CC(=O)O)C(=O)N[C@@H](CCCCN)C(=O)N[C@@H](CO)C(=O)O. The number of carbonyl (C=O) groups excluding carboxylic acids is 6. The van der Waals surface area contributed by atoms with Gasteiger partial charge >= 0.3 is 11.9 Å². The number of carboxylic acid groups (broad SMARTS) is 2. The van der Waals surface area contributed by atoms with Gasteiger partial charge in [-0.25, -0.2) is 4.79 Å². The van der Waals surface area contributed by atoms with Crippen LogP contribution in [-0.4, -0.2) is 142 Å². The molecule has 0 aliphatic rings. The minimum absolute atomic E-state index is 0.0181. The van der Waals surface area contributed by atoms with Crippen LogP contribution >= 0.6 is 0 Å². The fraction of sp³-hybridized carbons (Fsp3) is 0.714. The molecule has 0 spiro atoms. The Labute approximate surface area is 282 Å². The molecule has 15 N–H and O–H groups in total. The van der Waals surface area contributed by atoms with Crippen LogP contribution in [0.15, 0.2) is 0 Å². The first kappa shape index (κ1) is 44.6. The third kappa shape index (κ3) is 17.0. The number of aliphatic carboxylic acids is 2. The molecule has 0 aromatic carbocycles. The summed E-state index contributed by atoms with van der Waals surface area (Å²) in [5, 5.41) is 60.1. The summed E-state index contributed by atoms with van der Waals surface area (Å²) in [6.07, 6.45) is 0.169. The molecule has 0 aliphatic carbocycles. The molecule has 21 nitrogen and oxygen atoms in total. The van der Waals surface area contributed by atoms with Gasteiger partial charge in [0.25, 0.3) is 0 Å². The van der Waals surface area contributed by atoms with Crippen LogP contribution in [0.3, 0.4) is 0 Å². The van der Waals surface area contributed by atoms with E-state index in [1.807, 2.05) is 0 Å². The average molecular weight is 707 g/mol. The second-order valence-corrected chi connectivity index (χ2v) is 11.5. The monoisotopic (exact) mass is 706 g/mol. The molecule has 0 fully saturated rings. The maximum atomic E-state index is 13.3. The van der Waals surface area contributed by atoms with Gasteiger partial charge in [-0.3, -0.25) is 33.6 Å². The normalized spacial score (nSPS) is 15.3. The molecule has 6 amide bonds. The Morgan fingerprint density at radius 1 is 0.571 bits per heavy atom. The number of aliphatic hydroxyl groups excluding tert-OH is 3. The molecule has 7 atom stereocenters. The topological polar surface area (TPSA) is 362 Å². The maximum absolute atomic E-state index is 13.3. The standard InChI is InChI=1S/C28H50N8O13/c1-13(2)8-17(25(45)32-16(6-4-5-7-29)24(44)36-20(12-39)28(48)49)33-26(46)19(11-38)35-27(47)18(10-37)34-22(42)14(3)31-23(43)15(30)9-21(40)41/h13-20,37-39H,4-12,29-30H2,1-3H3,(H,31,43)(H,32,45)(H,33,46)(H,34,42)(H,35,47)(H,36,44)(H,40,41)(H,48,49)/t14-,15-,16-,17-,18-,19-,20-/m0/s1. The van der Waals surface area contributed by atoms with Crippen molar-refractivity contribution in [2.45, 2.75) is 95.2 Å². The highest BCUT2D eigenvalue weighted by molar-refractivity contribution is 5.97. The lowest BCUT2D eigenvalue weighted by Gasteiger charge is -2.27. The molecule has 0 saturated heterocycles. The second kappa shape index (κ2) is 23.0. The zero-order valence-electron chi connectivity index (χ0n) is 27.6. The van der Waals surface area contributed by atoms with Crippen molar-refractivity contribution in [2.75, 3.05) is 26.4 Å². The number of hydrogen-bond acceptors (Lipinski definition) is 13. The highest BCUT2D eigenvalue weighted by atomic mass is 16.4. The number of unbranched alkanes of at least 4 members (excludes halogenated alkanes) is 1. The van der Waals surface area contributed by atoms with Crippen molar-refractivity contribution in [2.24, 2.45) is 17.4 Å². The Morgan fingerprint density at radius 2 is 1.00 bits per heavy atom. The zero-order valence-corrected chi connectivity index (χ0v) is 27.6. The summed E-state index contributed by atoms with van der Waals surface area (Å²) >= 11 is 0. The summed E-state index contributed by atoms with van der Waals surface area (Å²) in [5.41, 5.74) is 11.0. The van der Waals surface area contributed by atoms with E-state index in [1.54, 1.807) is 13.8 Å². The van der Waals surface area contributed by atoms with E-state index in [1.165, 1.54) is 6.92 Å². The second-order valence-electron chi connectivity index (χ2n) is 11.5. The summed E-state index contributed by atoms with van der Waals surface area (Å²) in [6, 6.07) is -10.4. The Kier molecular flexibility index (Phi) is 20.9. The molecule has 0 bridgehead atoms. The molecular formula is C28H50N8O13. The third-order valence-corrected chi connectivity index (χ3v) is 6.83. The number of nitrogens with one attached hydrogen (secondary N) is 6. The summed E-state index contributed by atoms with van der Waals surface area (Å²) in [4.78, 5) is 98.6. The summed E-state index contributed by atoms with van der Waals surface area (Å²) in [6.45, 7) is 2.03. The highest BCUT2D eigenvalue weighted by Crippen LogP contribution is 2.08. The molecule has 0 aliphatic heterocycles. The number of amides is 6. The van der Waals surface area contributed by atoms with Crippen molar-refractivity contribution in [3.63, 3.8) is 0 Å². The molecule has 21 heteroatoms. The van der Waals surface area contributed by atoms with Gasteiger partial charge in [-0.2, -0.15) is 0 Å². The van der Waals surface area contributed by atoms with E-state index in [-0.39, 0.29) is 25.3 Å². The first-order chi connectivity index (χ1) is 22.9. The van der Waals surface area contributed by atoms with Gasteiger partial charge in [0.1, 0.15) is 36.3 Å². The van der Waals surface area contributed by atoms with Crippen LogP contribution in [-0.2, 0) is 38.4 Å². The fourth-order valence-corrected chi connectivity index (χ4v) is 4.09. The van der Waals surface area contributed by atoms with Crippen molar-refractivity contribution < 1.29 is 63.9 Å². The molecular weight excluding hydrogens is 656 g/mol. The minimum atomic E-state index is -1.70. The van der Waals surface area contributed by atoms with E-state index in [2.05, 4.69) is 31.9 Å². The molecule has 0 aromatic rings. The van der Waals surface area contributed by atoms with Crippen LogP contribution in [0.4, 0.5) is 0 Å². The average Bonchev–Trinajstić information content (AvgIpc) is 3.02. The van der Waals surface area contributed by atoms with Gasteiger partial charge in [-0.05, 0) is 45.1 Å². The van der Waals surface area contributed by atoms with E-state index >= 15 is 0 Å². The lowest BCUT2D eigenvalue weighted by Crippen LogP contribution is -2.61. The Morgan fingerprint density at radius 3 is 1.45 bits per heavy atom. The zero-order chi connectivity index (χ0) is 37.8. The third-order valence-electron chi connectivity index (χ3n) is 6.83. The van der Waals surface area contributed by atoms with Crippen LogP contribution in [0, 0.1) is 5.92 Å². The van der Waals surface area contributed by atoms with Crippen molar-refractivity contribution in [1.29, 1.82) is 0 Å². The Hall–Kier alpha value is -4.44. The van der Waals surface area contributed by atoms with Gasteiger partial charge in [0.15, 0.2) is 0 Å². The lowest BCUT2D eigenvalue weighted by atomic mass is 10.0. The van der Waals surface area contributed by atoms with Gasteiger partial charge in [-0.1, -0.05) is 13.8 Å². The summed E-state index contributed by atoms with van der Waals surface area (Å²) in [7, 11) is 0. The number of carboxylic acids is 2. The largest absolute Gasteiger partial charge is 0.481 e. The van der Waals surface area contributed by atoms with Gasteiger partial charge in [0.05, 0.1) is 32.3 Å². The van der Waals surface area contributed by atoms with E-state index in [0.717, 1.165) is 0 Å². The number of rotatable bonds is 24. The first-order valence-electron chi connectivity index (χ1n) is 15.5. The lowest BCUT2D eigenvalue weighted by molar-refractivity contribution is -0.143. The van der Waals surface area contributed by atoms with Crippen LogP contribution in [0.2, 0.25) is 0 Å². The molecule has 0 radical (unpaired) electrons. The minimum Gasteiger partial charge on any atom is -0.481 e. The molecule has 0 heterocycles. The molecule has 0 saturated carbocycles. The number of hydrogen-bond donors (Lipinski definition) is 13. The smallest absolute Gasteiger partial charge is 0.328 e.